The van der Waals surface area contributed by atoms with Crippen molar-refractivity contribution in [1.29, 1.82) is 0 Å². The van der Waals surface area contributed by atoms with Gasteiger partial charge in [0.05, 0.1) is 15.1 Å². The molecule has 0 unspecified atom stereocenters. The Balaban J connectivity index is 2.60. The maximum Gasteiger partial charge on any atom is 0.387 e. The second-order valence-electron chi connectivity index (χ2n) is 3.74. The summed E-state index contributed by atoms with van der Waals surface area (Å²) in [5, 5.41) is 1.06. The lowest BCUT2D eigenvalue weighted by molar-refractivity contribution is -0.0498. The third-order valence-corrected chi connectivity index (χ3v) is 3.93. The zero-order valence-corrected chi connectivity index (χ0v) is 12.7. The average molecular weight is 358 g/mol. The average Bonchev–Trinajstić information content (AvgIpc) is 2.37. The fraction of sp³-hybridized carbons (Fsp3) is 0.0769. The Kier molecular flexibility index (Phi) is 4.97. The molecule has 0 heterocycles. The summed E-state index contributed by atoms with van der Waals surface area (Å²) in [6.45, 7) is -2.94. The molecule has 0 atom stereocenters. The van der Waals surface area contributed by atoms with Crippen LogP contribution < -0.4 is 4.74 Å². The van der Waals surface area contributed by atoms with Crippen LogP contribution in [0.2, 0.25) is 20.1 Å². The monoisotopic (exact) mass is 356 g/mol. The Morgan fingerprint density at radius 1 is 0.850 bits per heavy atom. The highest BCUT2D eigenvalue weighted by Gasteiger charge is 2.16. The van der Waals surface area contributed by atoms with Crippen molar-refractivity contribution in [3.63, 3.8) is 0 Å². The molecule has 0 fully saturated rings. The minimum absolute atomic E-state index is 0.0495. The van der Waals surface area contributed by atoms with Crippen LogP contribution in [0.5, 0.6) is 5.75 Å². The van der Waals surface area contributed by atoms with Gasteiger partial charge in [-0.25, -0.2) is 0 Å². The summed E-state index contributed by atoms with van der Waals surface area (Å²) in [6.07, 6.45) is 0. The molecule has 106 valence electrons. The lowest BCUT2D eigenvalue weighted by Crippen LogP contribution is -2.01. The maximum absolute atomic E-state index is 12.2. The summed E-state index contributed by atoms with van der Waals surface area (Å²) in [5.74, 6) is -0.0495. The number of rotatable bonds is 3. The Bertz CT molecular complexity index is 647. The van der Waals surface area contributed by atoms with E-state index >= 15 is 0 Å². The molecule has 0 aliphatic carbocycles. The molecule has 0 saturated heterocycles. The van der Waals surface area contributed by atoms with Crippen LogP contribution in [0.1, 0.15) is 0 Å². The molecule has 2 aromatic carbocycles. The van der Waals surface area contributed by atoms with Crippen molar-refractivity contribution in [3.05, 3.63) is 50.4 Å². The normalized spacial score (nSPS) is 10.9. The van der Waals surface area contributed by atoms with Gasteiger partial charge >= 0.3 is 6.61 Å². The summed E-state index contributed by atoms with van der Waals surface area (Å²) >= 11 is 24.2. The smallest absolute Gasteiger partial charge is 0.387 e. The van der Waals surface area contributed by atoms with Gasteiger partial charge in [0, 0.05) is 16.1 Å². The molecule has 2 aromatic rings. The number of hydrogen-bond donors (Lipinski definition) is 0. The van der Waals surface area contributed by atoms with Gasteiger partial charge in [0.15, 0.2) is 0 Å². The Hall–Kier alpha value is -0.740. The Morgan fingerprint density at radius 3 is 2.10 bits per heavy atom. The van der Waals surface area contributed by atoms with E-state index in [1.807, 2.05) is 0 Å². The van der Waals surface area contributed by atoms with Crippen LogP contribution in [0.4, 0.5) is 8.78 Å². The maximum atomic E-state index is 12.2. The number of benzene rings is 2. The van der Waals surface area contributed by atoms with Gasteiger partial charge in [0.1, 0.15) is 5.75 Å². The van der Waals surface area contributed by atoms with Gasteiger partial charge in [-0.1, -0.05) is 46.4 Å². The van der Waals surface area contributed by atoms with E-state index in [1.165, 1.54) is 24.3 Å². The van der Waals surface area contributed by atoms with Crippen molar-refractivity contribution in [2.24, 2.45) is 0 Å². The molecular weight excluding hydrogens is 352 g/mol. The molecule has 0 aromatic heterocycles. The van der Waals surface area contributed by atoms with Crippen molar-refractivity contribution in [2.45, 2.75) is 6.61 Å². The zero-order valence-electron chi connectivity index (χ0n) is 9.64. The van der Waals surface area contributed by atoms with Crippen LogP contribution in [0.25, 0.3) is 11.1 Å². The van der Waals surface area contributed by atoms with E-state index in [0.29, 0.717) is 16.1 Å². The van der Waals surface area contributed by atoms with Crippen LogP contribution in [0, 0.1) is 0 Å². The van der Waals surface area contributed by atoms with Crippen LogP contribution >= 0.6 is 46.4 Å². The summed E-state index contributed by atoms with van der Waals surface area (Å²) in [7, 11) is 0. The largest absolute Gasteiger partial charge is 0.435 e. The van der Waals surface area contributed by atoms with E-state index in [1.54, 1.807) is 6.07 Å². The van der Waals surface area contributed by atoms with Crippen LogP contribution in [0.15, 0.2) is 30.3 Å². The van der Waals surface area contributed by atoms with Gasteiger partial charge in [-0.3, -0.25) is 0 Å². The number of halogens is 6. The van der Waals surface area contributed by atoms with Crippen molar-refractivity contribution >= 4 is 46.4 Å². The summed E-state index contributed by atoms with van der Waals surface area (Å²) in [4.78, 5) is 0. The molecule has 20 heavy (non-hydrogen) atoms. The fourth-order valence-corrected chi connectivity index (χ4v) is 2.59. The summed E-state index contributed by atoms with van der Waals surface area (Å²) in [6, 6.07) is 7.15. The SMILES string of the molecule is FC(F)Oc1ccc(Cl)c(-c2c(Cl)ccc(Cl)c2Cl)c1. The molecule has 0 saturated carbocycles. The Labute approximate surface area is 134 Å². The third-order valence-electron chi connectivity index (χ3n) is 2.48. The van der Waals surface area contributed by atoms with Crippen LogP contribution in [-0.2, 0) is 0 Å². The molecule has 1 nitrogen and oxygen atoms in total. The van der Waals surface area contributed by atoms with Crippen molar-refractivity contribution in [3.8, 4) is 16.9 Å². The minimum atomic E-state index is -2.94. The second-order valence-corrected chi connectivity index (χ2v) is 5.34. The Morgan fingerprint density at radius 2 is 1.45 bits per heavy atom. The molecule has 0 N–H and O–H groups in total. The zero-order chi connectivity index (χ0) is 14.9. The van der Waals surface area contributed by atoms with Crippen LogP contribution in [0.3, 0.4) is 0 Å². The van der Waals surface area contributed by atoms with E-state index < -0.39 is 6.61 Å². The first-order chi connectivity index (χ1) is 9.40. The molecule has 0 amide bonds. The molecule has 7 heteroatoms. The fourth-order valence-electron chi connectivity index (χ4n) is 1.65. The van der Waals surface area contributed by atoms with Crippen molar-refractivity contribution in [1.82, 2.24) is 0 Å². The molecule has 0 aliphatic rings. The summed E-state index contributed by atoms with van der Waals surface area (Å²) in [5.41, 5.74) is 0.730. The number of ether oxygens (including phenoxy) is 1. The molecular formula is C13H6Cl4F2O. The van der Waals surface area contributed by atoms with Gasteiger partial charge in [-0.15, -0.1) is 0 Å². The standard InChI is InChI=1S/C13H6Cl4F2O/c14-8-2-1-6(20-13(18)19)5-7(8)11-9(15)3-4-10(16)12(11)17/h1-5,13H. The second kappa shape index (κ2) is 6.35. The lowest BCUT2D eigenvalue weighted by atomic mass is 10.1. The quantitative estimate of drug-likeness (QED) is 0.564. The van der Waals surface area contributed by atoms with E-state index in [0.717, 1.165) is 0 Å². The minimum Gasteiger partial charge on any atom is -0.435 e. The molecule has 0 radical (unpaired) electrons. The first-order valence-corrected chi connectivity index (χ1v) is 6.79. The predicted octanol–water partition coefficient (Wildman–Crippen LogP) is 6.57. The third kappa shape index (κ3) is 3.29. The molecule has 0 aliphatic heterocycles. The van der Waals surface area contributed by atoms with E-state index in [9.17, 15) is 8.78 Å². The molecule has 0 bridgehead atoms. The van der Waals surface area contributed by atoms with Crippen molar-refractivity contribution in [2.75, 3.05) is 0 Å². The lowest BCUT2D eigenvalue weighted by Gasteiger charge is -2.12. The van der Waals surface area contributed by atoms with Crippen LogP contribution in [-0.4, -0.2) is 6.61 Å². The first kappa shape index (κ1) is 15.6. The van der Waals surface area contributed by atoms with E-state index in [4.69, 9.17) is 46.4 Å². The topological polar surface area (TPSA) is 9.23 Å². The first-order valence-electron chi connectivity index (χ1n) is 5.28. The molecule has 2 rings (SSSR count). The highest BCUT2D eigenvalue weighted by atomic mass is 35.5. The van der Waals surface area contributed by atoms with Gasteiger partial charge < -0.3 is 4.74 Å². The number of hydrogen-bond acceptors (Lipinski definition) is 1. The molecule has 0 spiro atoms. The van der Waals surface area contributed by atoms with Crippen molar-refractivity contribution < 1.29 is 13.5 Å². The van der Waals surface area contributed by atoms with Gasteiger partial charge in [0.25, 0.3) is 0 Å². The van der Waals surface area contributed by atoms with Gasteiger partial charge in [-0.2, -0.15) is 8.78 Å². The van der Waals surface area contributed by atoms with Gasteiger partial charge in [-0.05, 0) is 30.3 Å². The number of alkyl halides is 2. The highest BCUT2D eigenvalue weighted by Crippen LogP contribution is 2.43. The van der Waals surface area contributed by atoms with E-state index in [2.05, 4.69) is 4.74 Å². The summed E-state index contributed by atoms with van der Waals surface area (Å²) < 4.78 is 28.8. The predicted molar refractivity (Wildman–Crippen MR) is 78.6 cm³/mol. The highest BCUT2D eigenvalue weighted by molar-refractivity contribution is 6.46. The van der Waals surface area contributed by atoms with E-state index in [-0.39, 0.29) is 20.8 Å². The van der Waals surface area contributed by atoms with Gasteiger partial charge in [0.2, 0.25) is 0 Å².